The number of aromatic carboxylic acids is 1. The third kappa shape index (κ3) is 4.74. The van der Waals surface area contributed by atoms with E-state index in [1.807, 2.05) is 18.7 Å². The molecule has 9 heteroatoms. The smallest absolute Gasteiger partial charge is 0.408 e. The fourth-order valence-corrected chi connectivity index (χ4v) is 4.64. The number of hydrogen-bond acceptors (Lipinski definition) is 5. The number of pyridine rings is 1. The topological polar surface area (TPSA) is 101 Å². The fraction of sp³-hybridized carbons (Fsp3) is 0.560. The summed E-state index contributed by atoms with van der Waals surface area (Å²) in [6.45, 7) is 10.4. The molecule has 1 atom stereocenters. The molecule has 1 saturated heterocycles. The first-order chi connectivity index (χ1) is 15.8. The Morgan fingerprint density at radius 2 is 1.82 bits per heavy atom. The maximum Gasteiger partial charge on any atom is 0.408 e. The number of benzene rings is 1. The Morgan fingerprint density at radius 3 is 2.41 bits per heavy atom. The largest absolute Gasteiger partial charge is 0.477 e. The molecular formula is C25H32FN3O5. The van der Waals surface area contributed by atoms with E-state index < -0.39 is 34.4 Å². The molecule has 2 aromatic rings. The second-order valence-electron chi connectivity index (χ2n) is 10.9. The summed E-state index contributed by atoms with van der Waals surface area (Å²) in [5.41, 5.74) is -1.27. The molecule has 1 amide bonds. The predicted octanol–water partition coefficient (Wildman–Crippen LogP) is 4.30. The number of rotatable bonds is 5. The summed E-state index contributed by atoms with van der Waals surface area (Å²) in [6.07, 6.45) is 3.41. The van der Waals surface area contributed by atoms with Crippen molar-refractivity contribution in [2.75, 3.05) is 18.0 Å². The summed E-state index contributed by atoms with van der Waals surface area (Å²) in [5, 5.41) is 12.4. The van der Waals surface area contributed by atoms with E-state index in [1.165, 1.54) is 6.20 Å². The molecule has 2 fully saturated rings. The number of nitrogens with one attached hydrogen (secondary N) is 1. The summed E-state index contributed by atoms with van der Waals surface area (Å²) >= 11 is 0. The van der Waals surface area contributed by atoms with Gasteiger partial charge in [-0.15, -0.1) is 0 Å². The van der Waals surface area contributed by atoms with E-state index in [2.05, 4.69) is 5.32 Å². The summed E-state index contributed by atoms with van der Waals surface area (Å²) < 4.78 is 22.4. The maximum atomic E-state index is 15.2. The van der Waals surface area contributed by atoms with E-state index in [0.29, 0.717) is 24.3 Å². The molecule has 0 radical (unpaired) electrons. The van der Waals surface area contributed by atoms with Crippen molar-refractivity contribution >= 4 is 28.7 Å². The highest BCUT2D eigenvalue weighted by atomic mass is 19.1. The first-order valence-corrected chi connectivity index (χ1v) is 11.6. The van der Waals surface area contributed by atoms with Crippen molar-refractivity contribution in [3.63, 3.8) is 0 Å². The van der Waals surface area contributed by atoms with Gasteiger partial charge in [0, 0.05) is 42.2 Å². The molecule has 184 valence electrons. The van der Waals surface area contributed by atoms with Gasteiger partial charge in [0.2, 0.25) is 5.43 Å². The van der Waals surface area contributed by atoms with Gasteiger partial charge in [0.25, 0.3) is 0 Å². The van der Waals surface area contributed by atoms with Gasteiger partial charge in [-0.05, 0) is 66.0 Å². The first-order valence-electron chi connectivity index (χ1n) is 11.6. The van der Waals surface area contributed by atoms with E-state index in [-0.39, 0.29) is 22.9 Å². The Kier molecular flexibility index (Phi) is 5.86. The van der Waals surface area contributed by atoms with Gasteiger partial charge < -0.3 is 24.6 Å². The van der Waals surface area contributed by atoms with Crippen molar-refractivity contribution in [1.29, 1.82) is 0 Å². The number of fused-ring (bicyclic) bond motifs is 1. The van der Waals surface area contributed by atoms with Gasteiger partial charge >= 0.3 is 12.1 Å². The Morgan fingerprint density at radius 1 is 1.15 bits per heavy atom. The number of alkyl carbamates (subject to hydrolysis) is 1. The quantitative estimate of drug-likeness (QED) is 0.671. The molecule has 1 saturated carbocycles. The van der Waals surface area contributed by atoms with Crippen molar-refractivity contribution in [2.45, 2.75) is 71.1 Å². The standard InChI is InChI=1S/C25H32FN3O5/c1-24(2,3)34-23(33)27-25(4,5)14-8-9-28(12-14)20-11-19-16(10-18(20)26)21(30)17(22(31)32)13-29(19)15-6-7-15/h10-11,13-15H,6-9,12H2,1-5H3,(H,27,33)(H,31,32). The number of carboxylic acid groups (broad SMARTS) is 1. The van der Waals surface area contributed by atoms with Gasteiger partial charge in [-0.25, -0.2) is 14.0 Å². The zero-order valence-electron chi connectivity index (χ0n) is 20.3. The van der Waals surface area contributed by atoms with Crippen LogP contribution in [0.25, 0.3) is 10.9 Å². The molecule has 2 N–H and O–H groups in total. The monoisotopic (exact) mass is 473 g/mol. The van der Waals surface area contributed by atoms with Crippen molar-refractivity contribution in [3.05, 3.63) is 39.9 Å². The van der Waals surface area contributed by atoms with Gasteiger partial charge in [-0.1, -0.05) is 0 Å². The third-order valence-electron chi connectivity index (χ3n) is 6.64. The molecule has 1 aliphatic heterocycles. The lowest BCUT2D eigenvalue weighted by atomic mass is 9.87. The van der Waals surface area contributed by atoms with Crippen LogP contribution >= 0.6 is 0 Å². The second-order valence-corrected chi connectivity index (χ2v) is 10.9. The number of ether oxygens (including phenoxy) is 1. The number of halogens is 1. The van der Waals surface area contributed by atoms with Gasteiger partial charge in [-0.3, -0.25) is 4.79 Å². The Bertz CT molecular complexity index is 1210. The number of nitrogens with zero attached hydrogens (tertiary/aromatic N) is 2. The van der Waals surface area contributed by atoms with Crippen molar-refractivity contribution < 1.29 is 23.8 Å². The average molecular weight is 474 g/mol. The second kappa shape index (κ2) is 8.29. The van der Waals surface area contributed by atoms with Gasteiger partial charge in [0.05, 0.1) is 11.2 Å². The molecule has 8 nitrogen and oxygen atoms in total. The van der Waals surface area contributed by atoms with Crippen LogP contribution < -0.4 is 15.6 Å². The summed E-state index contributed by atoms with van der Waals surface area (Å²) in [4.78, 5) is 38.5. The maximum absolute atomic E-state index is 15.2. The third-order valence-corrected chi connectivity index (χ3v) is 6.64. The summed E-state index contributed by atoms with van der Waals surface area (Å²) in [6, 6.07) is 2.94. The van der Waals surface area contributed by atoms with Crippen molar-refractivity contribution in [1.82, 2.24) is 9.88 Å². The minimum absolute atomic E-state index is 0.0510. The zero-order chi connectivity index (χ0) is 25.0. The molecule has 1 aromatic carbocycles. The highest BCUT2D eigenvalue weighted by Gasteiger charge is 2.38. The molecule has 2 aliphatic rings. The SMILES string of the molecule is CC(C)(C)OC(=O)NC(C)(C)C1CCN(c2cc3c(cc2F)c(=O)c(C(=O)O)cn3C2CC2)C1. The number of hydrogen-bond donors (Lipinski definition) is 2. The van der Waals surface area contributed by atoms with Crippen molar-refractivity contribution in [3.8, 4) is 0 Å². The molecule has 0 spiro atoms. The normalized spacial score (nSPS) is 18.9. The lowest BCUT2D eigenvalue weighted by molar-refractivity contribution is 0.0441. The highest BCUT2D eigenvalue weighted by Crippen LogP contribution is 2.39. The predicted molar refractivity (Wildman–Crippen MR) is 127 cm³/mol. The molecule has 34 heavy (non-hydrogen) atoms. The molecule has 2 heterocycles. The van der Waals surface area contributed by atoms with E-state index in [1.54, 1.807) is 31.4 Å². The van der Waals surface area contributed by atoms with Crippen LogP contribution in [0, 0.1) is 11.7 Å². The summed E-state index contributed by atoms with van der Waals surface area (Å²) in [5.74, 6) is -1.82. The molecule has 1 aromatic heterocycles. The number of carbonyl (C=O) groups excluding carboxylic acids is 1. The van der Waals surface area contributed by atoms with Gasteiger partial charge in [0.15, 0.2) is 0 Å². The van der Waals surface area contributed by atoms with E-state index in [0.717, 1.165) is 25.3 Å². The zero-order valence-corrected chi connectivity index (χ0v) is 20.3. The van der Waals surface area contributed by atoms with Crippen LogP contribution in [0.15, 0.2) is 23.1 Å². The average Bonchev–Trinajstić information content (AvgIpc) is 3.41. The van der Waals surface area contributed by atoms with E-state index >= 15 is 4.39 Å². The first kappa shape index (κ1) is 24.0. The lowest BCUT2D eigenvalue weighted by Crippen LogP contribution is -2.51. The Hall–Kier alpha value is -3.10. The minimum Gasteiger partial charge on any atom is -0.477 e. The number of carbonyl (C=O) groups is 2. The number of aromatic nitrogens is 1. The molecule has 0 bridgehead atoms. The highest BCUT2D eigenvalue weighted by molar-refractivity contribution is 5.93. The van der Waals surface area contributed by atoms with Crippen LogP contribution in [-0.2, 0) is 4.74 Å². The fourth-order valence-electron chi connectivity index (χ4n) is 4.64. The number of anilines is 1. The van der Waals surface area contributed by atoms with Crippen LogP contribution in [0.4, 0.5) is 14.9 Å². The molecule has 1 unspecified atom stereocenters. The van der Waals surface area contributed by atoms with E-state index in [9.17, 15) is 19.5 Å². The lowest BCUT2D eigenvalue weighted by Gasteiger charge is -2.34. The van der Waals surface area contributed by atoms with Gasteiger partial charge in [0.1, 0.15) is 17.0 Å². The van der Waals surface area contributed by atoms with Crippen LogP contribution in [0.5, 0.6) is 0 Å². The van der Waals surface area contributed by atoms with Gasteiger partial charge in [-0.2, -0.15) is 0 Å². The van der Waals surface area contributed by atoms with Crippen LogP contribution in [-0.4, -0.2) is 46.0 Å². The van der Waals surface area contributed by atoms with Crippen LogP contribution in [0.2, 0.25) is 0 Å². The summed E-state index contributed by atoms with van der Waals surface area (Å²) in [7, 11) is 0. The van der Waals surface area contributed by atoms with Crippen molar-refractivity contribution in [2.24, 2.45) is 5.92 Å². The van der Waals surface area contributed by atoms with Crippen LogP contribution in [0.3, 0.4) is 0 Å². The van der Waals surface area contributed by atoms with E-state index in [4.69, 9.17) is 4.74 Å². The Balaban J connectivity index is 1.62. The molecule has 4 rings (SSSR count). The minimum atomic E-state index is -1.31. The molecule has 1 aliphatic carbocycles. The number of carboxylic acids is 1. The molecular weight excluding hydrogens is 441 g/mol. The Labute approximate surface area is 197 Å². The number of amides is 1. The van der Waals surface area contributed by atoms with Crippen LogP contribution in [0.1, 0.15) is 70.3 Å².